The van der Waals surface area contributed by atoms with Crippen molar-refractivity contribution in [3.63, 3.8) is 0 Å². The maximum atomic E-state index is 12.1. The Morgan fingerprint density at radius 3 is 1.33 bits per heavy atom. The molecule has 0 amide bonds. The first-order chi connectivity index (χ1) is 11.7. The SMILES string of the molecule is CCC(OC(=O)C(=O)OC(CC)c1ccccc1)c1ccccc1. The van der Waals surface area contributed by atoms with Gasteiger partial charge in [-0.05, 0) is 24.0 Å². The molecule has 126 valence electrons. The van der Waals surface area contributed by atoms with E-state index in [0.717, 1.165) is 11.1 Å². The molecule has 2 rings (SSSR count). The average molecular weight is 326 g/mol. The van der Waals surface area contributed by atoms with E-state index in [9.17, 15) is 9.59 Å². The average Bonchev–Trinajstić information content (AvgIpc) is 2.65. The zero-order valence-electron chi connectivity index (χ0n) is 14.0. The van der Waals surface area contributed by atoms with Gasteiger partial charge in [0.15, 0.2) is 0 Å². The Hall–Kier alpha value is -2.62. The quantitative estimate of drug-likeness (QED) is 0.584. The Morgan fingerprint density at radius 2 is 1.04 bits per heavy atom. The Morgan fingerprint density at radius 1 is 0.708 bits per heavy atom. The smallest absolute Gasteiger partial charge is 0.418 e. The van der Waals surface area contributed by atoms with Crippen LogP contribution in [0.15, 0.2) is 60.7 Å². The van der Waals surface area contributed by atoms with Crippen LogP contribution in [0.1, 0.15) is 50.0 Å². The molecule has 2 unspecified atom stereocenters. The zero-order valence-corrected chi connectivity index (χ0v) is 14.0. The van der Waals surface area contributed by atoms with Crippen molar-refractivity contribution in [3.8, 4) is 0 Å². The third-order valence-corrected chi connectivity index (χ3v) is 3.75. The molecule has 0 saturated heterocycles. The van der Waals surface area contributed by atoms with Gasteiger partial charge in [0.2, 0.25) is 0 Å². The Bertz CT molecular complexity index is 592. The summed E-state index contributed by atoms with van der Waals surface area (Å²) in [5, 5.41) is 0. The number of rotatable bonds is 6. The molecule has 2 aromatic carbocycles. The van der Waals surface area contributed by atoms with E-state index in [2.05, 4.69) is 0 Å². The van der Waals surface area contributed by atoms with E-state index >= 15 is 0 Å². The number of ether oxygens (including phenoxy) is 2. The molecule has 0 aliphatic carbocycles. The van der Waals surface area contributed by atoms with Gasteiger partial charge in [-0.15, -0.1) is 0 Å². The molecule has 4 heteroatoms. The Balaban J connectivity index is 1.99. The van der Waals surface area contributed by atoms with Crippen LogP contribution in [0.4, 0.5) is 0 Å². The second kappa shape index (κ2) is 8.87. The van der Waals surface area contributed by atoms with Gasteiger partial charge in [-0.2, -0.15) is 0 Å². The molecule has 0 N–H and O–H groups in total. The predicted molar refractivity (Wildman–Crippen MR) is 91.1 cm³/mol. The minimum atomic E-state index is -0.958. The first-order valence-corrected chi connectivity index (χ1v) is 8.17. The molecule has 0 spiro atoms. The molecule has 4 nitrogen and oxygen atoms in total. The van der Waals surface area contributed by atoms with E-state index in [-0.39, 0.29) is 0 Å². The van der Waals surface area contributed by atoms with E-state index in [0.29, 0.717) is 12.8 Å². The summed E-state index contributed by atoms with van der Waals surface area (Å²) in [7, 11) is 0. The van der Waals surface area contributed by atoms with Gasteiger partial charge in [0.05, 0.1) is 0 Å². The fourth-order valence-corrected chi connectivity index (χ4v) is 2.46. The van der Waals surface area contributed by atoms with Crippen LogP contribution in [0.2, 0.25) is 0 Å². The number of carbonyl (C=O) groups is 2. The van der Waals surface area contributed by atoms with Crippen molar-refractivity contribution in [2.45, 2.75) is 38.9 Å². The van der Waals surface area contributed by atoms with E-state index in [1.165, 1.54) is 0 Å². The van der Waals surface area contributed by atoms with Gasteiger partial charge in [0.25, 0.3) is 0 Å². The van der Waals surface area contributed by atoms with Crippen molar-refractivity contribution >= 4 is 11.9 Å². The first-order valence-electron chi connectivity index (χ1n) is 8.17. The molecule has 2 atom stereocenters. The lowest BCUT2D eigenvalue weighted by Crippen LogP contribution is -2.24. The van der Waals surface area contributed by atoms with Gasteiger partial charge in [0.1, 0.15) is 12.2 Å². The normalized spacial score (nSPS) is 12.9. The van der Waals surface area contributed by atoms with Gasteiger partial charge in [-0.1, -0.05) is 74.5 Å². The monoisotopic (exact) mass is 326 g/mol. The number of hydrogen-bond acceptors (Lipinski definition) is 4. The predicted octanol–water partition coefficient (Wildman–Crippen LogP) is 4.38. The number of hydrogen-bond donors (Lipinski definition) is 0. The summed E-state index contributed by atoms with van der Waals surface area (Å²) in [6.07, 6.45) is 0.254. The van der Waals surface area contributed by atoms with Crippen LogP contribution < -0.4 is 0 Å². The van der Waals surface area contributed by atoms with Gasteiger partial charge in [-0.3, -0.25) is 0 Å². The second-order valence-electron chi connectivity index (χ2n) is 5.43. The highest BCUT2D eigenvalue weighted by Gasteiger charge is 2.25. The zero-order chi connectivity index (χ0) is 17.4. The van der Waals surface area contributed by atoms with E-state index in [1.54, 1.807) is 0 Å². The molecule has 0 bridgehead atoms. The van der Waals surface area contributed by atoms with E-state index in [4.69, 9.17) is 9.47 Å². The maximum Gasteiger partial charge on any atom is 0.418 e. The molecule has 24 heavy (non-hydrogen) atoms. The van der Waals surface area contributed by atoms with Crippen molar-refractivity contribution in [3.05, 3.63) is 71.8 Å². The molecule has 0 aromatic heterocycles. The largest absolute Gasteiger partial charge is 0.449 e. The van der Waals surface area contributed by atoms with Crippen LogP contribution in [0, 0.1) is 0 Å². The van der Waals surface area contributed by atoms with Crippen LogP contribution in [0.25, 0.3) is 0 Å². The highest BCUT2D eigenvalue weighted by Crippen LogP contribution is 2.23. The van der Waals surface area contributed by atoms with Crippen molar-refractivity contribution in [1.29, 1.82) is 0 Å². The topological polar surface area (TPSA) is 52.6 Å². The maximum absolute atomic E-state index is 12.1. The van der Waals surface area contributed by atoms with Gasteiger partial charge >= 0.3 is 11.9 Å². The molecular weight excluding hydrogens is 304 g/mol. The van der Waals surface area contributed by atoms with Crippen molar-refractivity contribution < 1.29 is 19.1 Å². The summed E-state index contributed by atoms with van der Waals surface area (Å²) in [5.74, 6) is -1.92. The molecule has 0 radical (unpaired) electrons. The van der Waals surface area contributed by atoms with Gasteiger partial charge in [-0.25, -0.2) is 9.59 Å². The minimum absolute atomic E-state index is 0.456. The summed E-state index contributed by atoms with van der Waals surface area (Å²) in [4.78, 5) is 24.1. The van der Waals surface area contributed by atoms with Crippen LogP contribution in [0.5, 0.6) is 0 Å². The summed E-state index contributed by atoms with van der Waals surface area (Å²) < 4.78 is 10.6. The van der Waals surface area contributed by atoms with Crippen LogP contribution in [0.3, 0.4) is 0 Å². The highest BCUT2D eigenvalue weighted by atomic mass is 16.6. The molecular formula is C20H22O4. The lowest BCUT2D eigenvalue weighted by molar-refractivity contribution is -0.174. The van der Waals surface area contributed by atoms with E-state index < -0.39 is 24.1 Å². The summed E-state index contributed by atoms with van der Waals surface area (Å²) in [6, 6.07) is 18.7. The van der Waals surface area contributed by atoms with Gasteiger partial charge < -0.3 is 9.47 Å². The molecule has 0 heterocycles. The molecule has 0 fully saturated rings. The number of esters is 2. The first kappa shape index (κ1) is 17.7. The van der Waals surface area contributed by atoms with Crippen molar-refractivity contribution in [2.24, 2.45) is 0 Å². The number of benzene rings is 2. The lowest BCUT2D eigenvalue weighted by atomic mass is 10.1. The molecule has 0 aliphatic heterocycles. The lowest BCUT2D eigenvalue weighted by Gasteiger charge is -2.19. The summed E-state index contributed by atoms with van der Waals surface area (Å²) in [6.45, 7) is 3.80. The summed E-state index contributed by atoms with van der Waals surface area (Å²) >= 11 is 0. The second-order valence-corrected chi connectivity index (χ2v) is 5.43. The van der Waals surface area contributed by atoms with Crippen LogP contribution in [-0.4, -0.2) is 11.9 Å². The third kappa shape index (κ3) is 4.69. The van der Waals surface area contributed by atoms with Crippen molar-refractivity contribution in [1.82, 2.24) is 0 Å². The minimum Gasteiger partial charge on any atom is -0.449 e. The molecule has 0 aliphatic rings. The number of carbonyl (C=O) groups excluding carboxylic acids is 2. The van der Waals surface area contributed by atoms with Crippen molar-refractivity contribution in [2.75, 3.05) is 0 Å². The van der Waals surface area contributed by atoms with Crippen LogP contribution in [-0.2, 0) is 19.1 Å². The van der Waals surface area contributed by atoms with E-state index in [1.807, 2.05) is 74.5 Å². The molecule has 0 saturated carbocycles. The Labute approximate surface area is 142 Å². The highest BCUT2D eigenvalue weighted by molar-refractivity contribution is 6.29. The van der Waals surface area contributed by atoms with Crippen LogP contribution >= 0.6 is 0 Å². The standard InChI is InChI=1S/C20H22O4/c1-3-17(15-11-7-5-8-12-15)23-19(21)20(22)24-18(4-2)16-13-9-6-10-14-16/h5-14,17-18H,3-4H2,1-2H3. The van der Waals surface area contributed by atoms with Gasteiger partial charge in [0, 0.05) is 0 Å². The fourth-order valence-electron chi connectivity index (χ4n) is 2.46. The Kier molecular flexibility index (Phi) is 6.55. The summed E-state index contributed by atoms with van der Waals surface area (Å²) in [5.41, 5.74) is 1.72. The molecule has 2 aromatic rings. The third-order valence-electron chi connectivity index (χ3n) is 3.75. The fraction of sp³-hybridized carbons (Fsp3) is 0.300.